The first kappa shape index (κ1) is 25.2. The van der Waals surface area contributed by atoms with Crippen LogP contribution in [-0.4, -0.2) is 5.97 Å². The molecule has 0 saturated carbocycles. The van der Waals surface area contributed by atoms with E-state index in [4.69, 9.17) is 4.74 Å². The summed E-state index contributed by atoms with van der Waals surface area (Å²) in [6.07, 6.45) is 20.6. The number of benzene rings is 1. The number of carbonyl (C=O) groups excluding carboxylic acids is 1. The zero-order valence-corrected chi connectivity index (χ0v) is 19.6. The average Bonchev–Trinajstić information content (AvgIpc) is 2.71. The van der Waals surface area contributed by atoms with Gasteiger partial charge in [-0.25, -0.2) is 0 Å². The van der Waals surface area contributed by atoms with Gasteiger partial charge in [-0.15, -0.1) is 0 Å². The summed E-state index contributed by atoms with van der Waals surface area (Å²) in [7, 11) is 0. The van der Waals surface area contributed by atoms with Gasteiger partial charge in [0.05, 0.1) is 0 Å². The SMILES string of the molecule is CCCCCCCCCCCCCCCCCC(=O)Oc1ccccc1CBr. The first-order chi connectivity index (χ1) is 13.8. The van der Waals surface area contributed by atoms with Crippen LogP contribution in [0.2, 0.25) is 0 Å². The van der Waals surface area contributed by atoms with Gasteiger partial charge in [-0.2, -0.15) is 0 Å². The fourth-order valence-corrected chi connectivity index (χ4v) is 3.99. The molecule has 0 aliphatic carbocycles. The Morgan fingerprint density at radius 3 is 1.71 bits per heavy atom. The van der Waals surface area contributed by atoms with Crippen LogP contribution >= 0.6 is 15.9 Å². The Balaban J connectivity index is 1.87. The Morgan fingerprint density at radius 2 is 1.21 bits per heavy atom. The van der Waals surface area contributed by atoms with Crippen LogP contribution in [0.5, 0.6) is 5.75 Å². The summed E-state index contributed by atoms with van der Waals surface area (Å²) in [6, 6.07) is 7.71. The largest absolute Gasteiger partial charge is 0.426 e. The molecule has 0 heterocycles. The highest BCUT2D eigenvalue weighted by molar-refractivity contribution is 9.08. The number of hydrogen-bond donors (Lipinski definition) is 0. The molecule has 1 aromatic carbocycles. The van der Waals surface area contributed by atoms with Gasteiger partial charge in [0.25, 0.3) is 0 Å². The maximum atomic E-state index is 12.0. The van der Waals surface area contributed by atoms with Crippen molar-refractivity contribution < 1.29 is 9.53 Å². The smallest absolute Gasteiger partial charge is 0.311 e. The van der Waals surface area contributed by atoms with E-state index in [2.05, 4.69) is 22.9 Å². The first-order valence-corrected chi connectivity index (χ1v) is 12.7. The van der Waals surface area contributed by atoms with Crippen molar-refractivity contribution in [1.82, 2.24) is 0 Å². The summed E-state index contributed by atoms with van der Waals surface area (Å²) in [5, 5.41) is 0.704. The summed E-state index contributed by atoms with van der Waals surface area (Å²) < 4.78 is 5.49. The van der Waals surface area contributed by atoms with Crippen molar-refractivity contribution in [2.75, 3.05) is 0 Å². The van der Waals surface area contributed by atoms with E-state index in [1.165, 1.54) is 83.5 Å². The zero-order valence-electron chi connectivity index (χ0n) is 18.0. The number of alkyl halides is 1. The fraction of sp³-hybridized carbons (Fsp3) is 0.720. The molecule has 0 saturated heterocycles. The van der Waals surface area contributed by atoms with Gasteiger partial charge in [-0.1, -0.05) is 131 Å². The maximum Gasteiger partial charge on any atom is 0.311 e. The number of esters is 1. The van der Waals surface area contributed by atoms with Crippen LogP contribution in [-0.2, 0) is 10.1 Å². The average molecular weight is 454 g/mol. The van der Waals surface area contributed by atoms with Gasteiger partial charge in [0.15, 0.2) is 0 Å². The third-order valence-corrected chi connectivity index (χ3v) is 5.93. The van der Waals surface area contributed by atoms with Crippen molar-refractivity contribution in [1.29, 1.82) is 0 Å². The number of halogens is 1. The van der Waals surface area contributed by atoms with E-state index in [0.717, 1.165) is 18.4 Å². The molecule has 2 nitrogen and oxygen atoms in total. The van der Waals surface area contributed by atoms with Crippen LogP contribution in [0.1, 0.15) is 115 Å². The standard InChI is InChI=1S/C25H41BrO2/c1-2-3-4-5-6-7-8-9-10-11-12-13-14-15-16-21-25(27)28-24-20-18-17-19-23(24)22-26/h17-20H,2-16,21-22H2,1H3. The van der Waals surface area contributed by atoms with Gasteiger partial charge >= 0.3 is 5.97 Å². The molecule has 0 aliphatic rings. The van der Waals surface area contributed by atoms with Crippen molar-refractivity contribution in [3.8, 4) is 5.75 Å². The Labute approximate surface area is 182 Å². The van der Waals surface area contributed by atoms with Crippen LogP contribution in [0.15, 0.2) is 24.3 Å². The predicted octanol–water partition coefficient (Wildman–Crippen LogP) is 8.75. The normalized spacial score (nSPS) is 10.9. The molecule has 0 fully saturated rings. The highest BCUT2D eigenvalue weighted by Crippen LogP contribution is 2.21. The fourth-order valence-electron chi connectivity index (χ4n) is 3.53. The van der Waals surface area contributed by atoms with Crippen LogP contribution < -0.4 is 4.74 Å². The molecule has 28 heavy (non-hydrogen) atoms. The van der Waals surface area contributed by atoms with Gasteiger partial charge in [0.2, 0.25) is 0 Å². The second-order valence-corrected chi connectivity index (χ2v) is 8.48. The van der Waals surface area contributed by atoms with Crippen LogP contribution in [0, 0.1) is 0 Å². The Bertz CT molecular complexity index is 501. The summed E-state index contributed by atoms with van der Waals surface area (Å²) in [5.74, 6) is 0.577. The topological polar surface area (TPSA) is 26.3 Å². The highest BCUT2D eigenvalue weighted by Gasteiger charge is 2.08. The lowest BCUT2D eigenvalue weighted by molar-refractivity contribution is -0.134. The predicted molar refractivity (Wildman–Crippen MR) is 124 cm³/mol. The third kappa shape index (κ3) is 13.4. The van der Waals surface area contributed by atoms with Gasteiger partial charge in [-0.3, -0.25) is 4.79 Å². The van der Waals surface area contributed by atoms with Crippen molar-refractivity contribution in [2.45, 2.75) is 115 Å². The molecule has 0 amide bonds. The second kappa shape index (κ2) is 18.2. The van der Waals surface area contributed by atoms with E-state index in [9.17, 15) is 4.79 Å². The highest BCUT2D eigenvalue weighted by atomic mass is 79.9. The van der Waals surface area contributed by atoms with E-state index in [1.807, 2.05) is 24.3 Å². The maximum absolute atomic E-state index is 12.0. The quantitative estimate of drug-likeness (QED) is 0.0961. The van der Waals surface area contributed by atoms with Crippen molar-refractivity contribution in [3.05, 3.63) is 29.8 Å². The number of rotatable bonds is 18. The van der Waals surface area contributed by atoms with E-state index in [1.54, 1.807) is 0 Å². The third-order valence-electron chi connectivity index (χ3n) is 5.32. The van der Waals surface area contributed by atoms with E-state index in [-0.39, 0.29) is 5.97 Å². The molecule has 1 rings (SSSR count). The van der Waals surface area contributed by atoms with Crippen LogP contribution in [0.25, 0.3) is 0 Å². The molecule has 0 spiro atoms. The van der Waals surface area contributed by atoms with Gasteiger partial charge in [-0.05, 0) is 12.5 Å². The molecule has 0 bridgehead atoms. The number of carbonyl (C=O) groups is 1. The van der Waals surface area contributed by atoms with Crippen LogP contribution in [0.4, 0.5) is 0 Å². The molecule has 0 atom stereocenters. The van der Waals surface area contributed by atoms with Gasteiger partial charge in [0, 0.05) is 17.3 Å². The molecular weight excluding hydrogens is 412 g/mol. The lowest BCUT2D eigenvalue weighted by atomic mass is 10.0. The molecular formula is C25H41BrO2. The van der Waals surface area contributed by atoms with Crippen molar-refractivity contribution >= 4 is 21.9 Å². The summed E-state index contributed by atoms with van der Waals surface area (Å²) in [6.45, 7) is 2.28. The van der Waals surface area contributed by atoms with Gasteiger partial charge in [0.1, 0.15) is 5.75 Å². The molecule has 160 valence electrons. The molecule has 0 aromatic heterocycles. The van der Waals surface area contributed by atoms with Crippen molar-refractivity contribution in [3.63, 3.8) is 0 Å². The molecule has 0 aliphatic heterocycles. The minimum atomic E-state index is -0.108. The minimum absolute atomic E-state index is 0.108. The Kier molecular flexibility index (Phi) is 16.4. The summed E-state index contributed by atoms with van der Waals surface area (Å²) in [5.41, 5.74) is 1.02. The molecule has 3 heteroatoms. The Hall–Kier alpha value is -0.830. The first-order valence-electron chi connectivity index (χ1n) is 11.6. The molecule has 0 unspecified atom stereocenters. The number of unbranched alkanes of at least 4 members (excludes halogenated alkanes) is 14. The van der Waals surface area contributed by atoms with Gasteiger partial charge < -0.3 is 4.74 Å². The van der Waals surface area contributed by atoms with E-state index >= 15 is 0 Å². The zero-order chi connectivity index (χ0) is 20.3. The van der Waals surface area contributed by atoms with Crippen LogP contribution in [0.3, 0.4) is 0 Å². The lowest BCUT2D eigenvalue weighted by Gasteiger charge is -2.08. The molecule has 1 aromatic rings. The minimum Gasteiger partial charge on any atom is -0.426 e. The number of ether oxygens (including phenoxy) is 1. The van der Waals surface area contributed by atoms with E-state index < -0.39 is 0 Å². The number of hydrogen-bond acceptors (Lipinski definition) is 2. The van der Waals surface area contributed by atoms with E-state index in [0.29, 0.717) is 17.5 Å². The number of para-hydroxylation sites is 1. The molecule has 0 N–H and O–H groups in total. The monoisotopic (exact) mass is 452 g/mol. The second-order valence-electron chi connectivity index (χ2n) is 7.92. The lowest BCUT2D eigenvalue weighted by Crippen LogP contribution is -2.08. The van der Waals surface area contributed by atoms with Crippen molar-refractivity contribution in [2.24, 2.45) is 0 Å². The molecule has 0 radical (unpaired) electrons. The summed E-state index contributed by atoms with van der Waals surface area (Å²) >= 11 is 3.43. The summed E-state index contributed by atoms with van der Waals surface area (Å²) in [4.78, 5) is 12.0. The Morgan fingerprint density at radius 1 is 0.750 bits per heavy atom.